The molecule has 0 amide bonds. The molecule has 0 fully saturated rings. The molecule has 6 heteroatoms. The first-order chi connectivity index (χ1) is 10.2. The van der Waals surface area contributed by atoms with Gasteiger partial charge in [-0.25, -0.2) is 0 Å². The van der Waals surface area contributed by atoms with Crippen LogP contribution in [0.4, 0.5) is 0 Å². The van der Waals surface area contributed by atoms with Crippen LogP contribution in [0.3, 0.4) is 0 Å². The van der Waals surface area contributed by atoms with Crippen LogP contribution in [0.1, 0.15) is 25.8 Å². The van der Waals surface area contributed by atoms with E-state index < -0.39 is 5.54 Å². The van der Waals surface area contributed by atoms with Gasteiger partial charge in [-0.2, -0.15) is 0 Å². The molecular weight excluding hydrogens is 268 g/mol. The molecule has 1 unspecified atom stereocenters. The Hall–Kier alpha value is -2.04. The molecule has 0 aliphatic carbocycles. The molecule has 21 heavy (non-hydrogen) atoms. The lowest BCUT2D eigenvalue weighted by atomic mass is 9.88. The summed E-state index contributed by atoms with van der Waals surface area (Å²) in [5, 5.41) is 6.70. The quantitative estimate of drug-likeness (QED) is 0.249. The summed E-state index contributed by atoms with van der Waals surface area (Å²) in [5.74, 6) is -0.266. The predicted molar refractivity (Wildman–Crippen MR) is 81.8 cm³/mol. The molecule has 0 heterocycles. The van der Waals surface area contributed by atoms with E-state index in [1.165, 1.54) is 0 Å². The third-order valence-corrected chi connectivity index (χ3v) is 3.36. The van der Waals surface area contributed by atoms with E-state index in [9.17, 15) is 4.79 Å². The van der Waals surface area contributed by atoms with Crippen molar-refractivity contribution in [2.24, 2.45) is 5.11 Å². The van der Waals surface area contributed by atoms with Crippen molar-refractivity contribution in [3.8, 4) is 0 Å². The summed E-state index contributed by atoms with van der Waals surface area (Å²) in [6, 6.07) is 9.80. The summed E-state index contributed by atoms with van der Waals surface area (Å²) in [4.78, 5) is 15.1. The minimum atomic E-state index is -0.789. The van der Waals surface area contributed by atoms with Gasteiger partial charge in [0.25, 0.3) is 0 Å². The van der Waals surface area contributed by atoms with Crippen molar-refractivity contribution in [3.05, 3.63) is 46.3 Å². The van der Waals surface area contributed by atoms with Crippen LogP contribution in [0.15, 0.2) is 35.4 Å². The first-order valence-corrected chi connectivity index (χ1v) is 7.15. The Morgan fingerprint density at radius 2 is 2.10 bits per heavy atom. The molecular formula is C15H22N4O2. The molecule has 1 aromatic carbocycles. The van der Waals surface area contributed by atoms with E-state index in [2.05, 4.69) is 15.3 Å². The van der Waals surface area contributed by atoms with E-state index in [-0.39, 0.29) is 5.97 Å². The van der Waals surface area contributed by atoms with Gasteiger partial charge < -0.3 is 10.1 Å². The van der Waals surface area contributed by atoms with Gasteiger partial charge in [0.15, 0.2) is 0 Å². The fourth-order valence-corrected chi connectivity index (χ4v) is 2.20. The smallest absolute Gasteiger partial charge is 0.326 e. The average molecular weight is 290 g/mol. The molecule has 1 rings (SSSR count). The molecule has 0 aromatic heterocycles. The fourth-order valence-electron chi connectivity index (χ4n) is 2.20. The molecule has 6 nitrogen and oxygen atoms in total. The Labute approximate surface area is 125 Å². The van der Waals surface area contributed by atoms with Crippen LogP contribution < -0.4 is 5.32 Å². The molecule has 0 radical (unpaired) electrons. The highest BCUT2D eigenvalue weighted by atomic mass is 16.5. The van der Waals surface area contributed by atoms with Crippen molar-refractivity contribution in [2.45, 2.75) is 32.2 Å². The van der Waals surface area contributed by atoms with Crippen LogP contribution >= 0.6 is 0 Å². The van der Waals surface area contributed by atoms with Gasteiger partial charge in [0.2, 0.25) is 0 Å². The highest BCUT2D eigenvalue weighted by molar-refractivity contribution is 5.81. The number of hydrogen-bond acceptors (Lipinski definition) is 4. The minimum absolute atomic E-state index is 0.266. The first kappa shape index (κ1) is 17.0. The number of hydrogen-bond donors (Lipinski definition) is 1. The van der Waals surface area contributed by atoms with E-state index in [0.29, 0.717) is 32.5 Å². The summed E-state index contributed by atoms with van der Waals surface area (Å²) in [5.41, 5.74) is 8.59. The number of carbonyl (C=O) groups is 1. The maximum absolute atomic E-state index is 12.4. The SMILES string of the molecule is CCOC(=O)C(CC)(Cc1ccccc1)NCCN=[N+]=[N-]. The zero-order valence-electron chi connectivity index (χ0n) is 12.6. The van der Waals surface area contributed by atoms with Crippen molar-refractivity contribution < 1.29 is 9.53 Å². The standard InChI is InChI=1S/C15H22N4O2/c1-3-15(14(20)21-4-2,17-10-11-18-19-16)12-13-8-6-5-7-9-13/h5-9,17H,3-4,10-12H2,1-2H3. The zero-order valence-corrected chi connectivity index (χ0v) is 12.6. The van der Waals surface area contributed by atoms with Gasteiger partial charge in [-0.3, -0.25) is 4.79 Å². The number of rotatable bonds is 9. The number of esters is 1. The van der Waals surface area contributed by atoms with Crippen LogP contribution in [-0.2, 0) is 16.0 Å². The molecule has 0 aliphatic heterocycles. The third-order valence-electron chi connectivity index (χ3n) is 3.36. The van der Waals surface area contributed by atoms with E-state index in [4.69, 9.17) is 10.3 Å². The van der Waals surface area contributed by atoms with Gasteiger partial charge in [0, 0.05) is 24.4 Å². The number of ether oxygens (including phenoxy) is 1. The van der Waals surface area contributed by atoms with Gasteiger partial charge in [0.1, 0.15) is 5.54 Å². The van der Waals surface area contributed by atoms with E-state index in [1.807, 2.05) is 37.3 Å². The Morgan fingerprint density at radius 1 is 1.38 bits per heavy atom. The number of carbonyl (C=O) groups excluding carboxylic acids is 1. The summed E-state index contributed by atoms with van der Waals surface area (Å²) in [6.07, 6.45) is 1.14. The second-order valence-corrected chi connectivity index (χ2v) is 4.70. The molecule has 1 aromatic rings. The van der Waals surface area contributed by atoms with Crippen molar-refractivity contribution in [1.29, 1.82) is 0 Å². The van der Waals surface area contributed by atoms with Crippen LogP contribution in [-0.4, -0.2) is 31.2 Å². The van der Waals surface area contributed by atoms with Crippen molar-refractivity contribution in [3.63, 3.8) is 0 Å². The Kier molecular flexibility index (Phi) is 7.29. The van der Waals surface area contributed by atoms with Crippen molar-refractivity contribution >= 4 is 5.97 Å². The van der Waals surface area contributed by atoms with Crippen LogP contribution in [0.5, 0.6) is 0 Å². The number of azide groups is 1. The summed E-state index contributed by atoms with van der Waals surface area (Å²) in [7, 11) is 0. The van der Waals surface area contributed by atoms with Crippen LogP contribution in [0.25, 0.3) is 10.4 Å². The first-order valence-electron chi connectivity index (χ1n) is 7.15. The third kappa shape index (κ3) is 5.10. The van der Waals surface area contributed by atoms with E-state index in [1.54, 1.807) is 6.92 Å². The van der Waals surface area contributed by atoms with E-state index in [0.717, 1.165) is 5.56 Å². The second kappa shape index (κ2) is 9.00. The van der Waals surface area contributed by atoms with Crippen LogP contribution in [0.2, 0.25) is 0 Å². The minimum Gasteiger partial charge on any atom is -0.465 e. The molecule has 0 saturated heterocycles. The molecule has 1 atom stereocenters. The maximum atomic E-state index is 12.4. The lowest BCUT2D eigenvalue weighted by Crippen LogP contribution is -2.55. The Balaban J connectivity index is 2.89. The monoisotopic (exact) mass is 290 g/mol. The molecule has 1 N–H and O–H groups in total. The lowest BCUT2D eigenvalue weighted by Gasteiger charge is -2.31. The predicted octanol–water partition coefficient (Wildman–Crippen LogP) is 2.84. The molecule has 0 spiro atoms. The van der Waals surface area contributed by atoms with Crippen LogP contribution in [0, 0.1) is 0 Å². The van der Waals surface area contributed by atoms with Gasteiger partial charge in [-0.15, -0.1) is 0 Å². The summed E-state index contributed by atoms with van der Waals surface area (Å²) >= 11 is 0. The van der Waals surface area contributed by atoms with Crippen molar-refractivity contribution in [1.82, 2.24) is 5.32 Å². The van der Waals surface area contributed by atoms with Gasteiger partial charge in [-0.05, 0) is 24.4 Å². The highest BCUT2D eigenvalue weighted by Gasteiger charge is 2.37. The Morgan fingerprint density at radius 3 is 2.67 bits per heavy atom. The zero-order chi connectivity index (χ0) is 15.6. The van der Waals surface area contributed by atoms with E-state index >= 15 is 0 Å². The fraction of sp³-hybridized carbons (Fsp3) is 0.533. The average Bonchev–Trinajstić information content (AvgIpc) is 2.51. The summed E-state index contributed by atoms with van der Waals surface area (Å²) in [6.45, 7) is 4.81. The molecule has 0 saturated carbocycles. The summed E-state index contributed by atoms with van der Waals surface area (Å²) < 4.78 is 5.22. The second-order valence-electron chi connectivity index (χ2n) is 4.70. The van der Waals surface area contributed by atoms with Crippen molar-refractivity contribution in [2.75, 3.05) is 19.7 Å². The number of nitrogens with one attached hydrogen (secondary N) is 1. The Bertz CT molecular complexity index is 486. The van der Waals surface area contributed by atoms with Gasteiger partial charge in [0.05, 0.1) is 6.61 Å². The topological polar surface area (TPSA) is 87.1 Å². The van der Waals surface area contributed by atoms with Gasteiger partial charge >= 0.3 is 5.97 Å². The number of nitrogens with zero attached hydrogens (tertiary/aromatic N) is 3. The largest absolute Gasteiger partial charge is 0.465 e. The maximum Gasteiger partial charge on any atom is 0.326 e. The number of benzene rings is 1. The highest BCUT2D eigenvalue weighted by Crippen LogP contribution is 2.19. The lowest BCUT2D eigenvalue weighted by molar-refractivity contribution is -0.151. The normalized spacial score (nSPS) is 13.0. The van der Waals surface area contributed by atoms with Gasteiger partial charge in [-0.1, -0.05) is 42.4 Å². The molecule has 114 valence electrons. The molecule has 0 aliphatic rings. The molecule has 0 bridgehead atoms.